The average Bonchev–Trinajstić information content (AvgIpc) is 3.44. The molecule has 1 aliphatic carbocycles. The summed E-state index contributed by atoms with van der Waals surface area (Å²) in [5, 5.41) is 3.49. The topological polar surface area (TPSA) is 117 Å². The van der Waals surface area contributed by atoms with Crippen molar-refractivity contribution >= 4 is 38.3 Å². The van der Waals surface area contributed by atoms with E-state index >= 15 is 4.39 Å². The minimum absolute atomic E-state index is 0.0149. The molecule has 4 rings (SSSR count). The van der Waals surface area contributed by atoms with Gasteiger partial charge in [0, 0.05) is 12.7 Å². The van der Waals surface area contributed by atoms with Crippen molar-refractivity contribution in [3.63, 3.8) is 0 Å². The van der Waals surface area contributed by atoms with E-state index in [9.17, 15) is 17.6 Å². The van der Waals surface area contributed by atoms with Crippen molar-refractivity contribution in [1.29, 1.82) is 0 Å². The number of hydrogen-bond donors (Lipinski definition) is 3. The molecule has 0 saturated heterocycles. The zero-order valence-electron chi connectivity index (χ0n) is 17.6. The molecule has 0 spiro atoms. The highest BCUT2D eigenvalue weighted by Crippen LogP contribution is 2.32. The summed E-state index contributed by atoms with van der Waals surface area (Å²) in [6, 6.07) is 1.82. The number of rotatable bonds is 9. The van der Waals surface area contributed by atoms with Crippen LogP contribution in [0.25, 0.3) is 11.0 Å². The number of hydrogen-bond acceptors (Lipinski definition) is 6. The third-order valence-corrected chi connectivity index (χ3v) is 6.74. The highest BCUT2D eigenvalue weighted by Gasteiger charge is 2.28. The van der Waals surface area contributed by atoms with Crippen molar-refractivity contribution in [2.45, 2.75) is 26.7 Å². The van der Waals surface area contributed by atoms with Gasteiger partial charge in [-0.15, -0.1) is 0 Å². The van der Waals surface area contributed by atoms with Gasteiger partial charge in [-0.3, -0.25) is 9.52 Å². The molecule has 0 unspecified atom stereocenters. The molecule has 0 radical (unpaired) electrons. The van der Waals surface area contributed by atoms with Gasteiger partial charge in [0.25, 0.3) is 0 Å². The Morgan fingerprint density at radius 3 is 2.69 bits per heavy atom. The largest absolute Gasteiger partial charge is 0.369 e. The van der Waals surface area contributed by atoms with Crippen LogP contribution in [0.3, 0.4) is 0 Å². The zero-order valence-corrected chi connectivity index (χ0v) is 18.4. The molecule has 3 aromatic rings. The van der Waals surface area contributed by atoms with Gasteiger partial charge in [-0.05, 0) is 36.8 Å². The van der Waals surface area contributed by atoms with Crippen LogP contribution in [-0.4, -0.2) is 41.5 Å². The van der Waals surface area contributed by atoms with Gasteiger partial charge in [0.15, 0.2) is 5.82 Å². The summed E-state index contributed by atoms with van der Waals surface area (Å²) < 4.78 is 56.3. The second-order valence-electron chi connectivity index (χ2n) is 8.36. The first-order chi connectivity index (χ1) is 15.2. The second kappa shape index (κ2) is 8.45. The molecular formula is C21H23F2N5O3S. The van der Waals surface area contributed by atoms with Gasteiger partial charge < -0.3 is 10.3 Å². The Bertz CT molecular complexity index is 1290. The summed E-state index contributed by atoms with van der Waals surface area (Å²) >= 11 is 0. The number of halogens is 2. The van der Waals surface area contributed by atoms with Crippen LogP contribution in [0.2, 0.25) is 0 Å². The van der Waals surface area contributed by atoms with E-state index in [-0.39, 0.29) is 17.2 Å². The van der Waals surface area contributed by atoms with Gasteiger partial charge in [0.05, 0.1) is 28.0 Å². The molecule has 1 aliphatic rings. The molecule has 170 valence electrons. The lowest BCUT2D eigenvalue weighted by atomic mass is 10.0. The number of ketones is 1. The van der Waals surface area contributed by atoms with Crippen LogP contribution < -0.4 is 10.0 Å². The molecule has 1 aromatic carbocycles. The van der Waals surface area contributed by atoms with Crippen LogP contribution in [-0.2, 0) is 10.0 Å². The molecule has 1 fully saturated rings. The number of carbonyl (C=O) groups excluding carboxylic acids is 1. The molecule has 0 aliphatic heterocycles. The van der Waals surface area contributed by atoms with E-state index in [1.165, 1.54) is 12.5 Å². The highest BCUT2D eigenvalue weighted by molar-refractivity contribution is 7.92. The summed E-state index contributed by atoms with van der Waals surface area (Å²) in [4.78, 5) is 24.3. The predicted molar refractivity (Wildman–Crippen MR) is 117 cm³/mol. The van der Waals surface area contributed by atoms with Crippen molar-refractivity contribution in [2.75, 3.05) is 22.3 Å². The van der Waals surface area contributed by atoms with Gasteiger partial charge in [-0.1, -0.05) is 13.8 Å². The molecule has 2 heterocycles. The average molecular weight is 464 g/mol. The maximum absolute atomic E-state index is 15.2. The number of anilines is 2. The standard InChI is InChI=1S/C21H23F2N5O3S/c1-11(2)9-32(30,31)28-15-6-5-14(22)17(18(15)23)19(29)13-8-25-21-16(13)20(26-10-27-21)24-7-12-3-4-12/h5-6,8,10-12,28H,3-4,7,9H2,1-2H3,(H2,24,25,26,27). The van der Waals surface area contributed by atoms with Gasteiger partial charge in [-0.25, -0.2) is 27.2 Å². The fourth-order valence-electron chi connectivity index (χ4n) is 3.46. The summed E-state index contributed by atoms with van der Waals surface area (Å²) in [5.41, 5.74) is -1.01. The Morgan fingerprint density at radius 1 is 1.25 bits per heavy atom. The third kappa shape index (κ3) is 4.57. The smallest absolute Gasteiger partial charge is 0.233 e. The highest BCUT2D eigenvalue weighted by atomic mass is 32.2. The number of nitrogens with one attached hydrogen (secondary N) is 3. The van der Waals surface area contributed by atoms with Crippen LogP contribution in [0.15, 0.2) is 24.7 Å². The first-order valence-corrected chi connectivity index (χ1v) is 11.9. The van der Waals surface area contributed by atoms with Crippen LogP contribution >= 0.6 is 0 Å². The first kappa shape index (κ1) is 22.1. The first-order valence-electron chi connectivity index (χ1n) is 10.3. The lowest BCUT2D eigenvalue weighted by Gasteiger charge is -2.13. The van der Waals surface area contributed by atoms with E-state index in [0.29, 0.717) is 29.3 Å². The van der Waals surface area contributed by atoms with E-state index in [1.54, 1.807) is 13.8 Å². The molecule has 0 amide bonds. The Kier molecular flexibility index (Phi) is 5.85. The quantitative estimate of drug-likeness (QED) is 0.417. The SMILES string of the molecule is CC(C)CS(=O)(=O)Nc1ccc(F)c(C(=O)c2c[nH]c3ncnc(NCC4CC4)c23)c1F. The van der Waals surface area contributed by atoms with Gasteiger partial charge in [-0.2, -0.15) is 0 Å². The van der Waals surface area contributed by atoms with Gasteiger partial charge >= 0.3 is 0 Å². The van der Waals surface area contributed by atoms with Crippen molar-refractivity contribution in [3.8, 4) is 0 Å². The normalized spacial score (nSPS) is 14.2. The Labute approximate surface area is 183 Å². The Balaban J connectivity index is 1.72. The summed E-state index contributed by atoms with van der Waals surface area (Å²) in [7, 11) is -3.88. The van der Waals surface area contributed by atoms with Gasteiger partial charge in [0.1, 0.15) is 23.6 Å². The molecular weight excluding hydrogens is 440 g/mol. The molecule has 11 heteroatoms. The molecule has 0 bridgehead atoms. The van der Waals surface area contributed by atoms with E-state index < -0.39 is 38.7 Å². The number of aromatic nitrogens is 3. The van der Waals surface area contributed by atoms with Crippen molar-refractivity contribution in [2.24, 2.45) is 11.8 Å². The second-order valence-corrected chi connectivity index (χ2v) is 10.1. The number of nitrogens with zero attached hydrogens (tertiary/aromatic N) is 2. The van der Waals surface area contributed by atoms with Crippen LogP contribution in [0.5, 0.6) is 0 Å². The summed E-state index contributed by atoms with van der Waals surface area (Å²) in [6.45, 7) is 4.06. The minimum atomic E-state index is -3.88. The molecule has 0 atom stereocenters. The van der Waals surface area contributed by atoms with E-state index in [4.69, 9.17) is 0 Å². The fraction of sp³-hybridized carbons (Fsp3) is 0.381. The van der Waals surface area contributed by atoms with E-state index in [2.05, 4.69) is 25.0 Å². The lowest BCUT2D eigenvalue weighted by Crippen LogP contribution is -2.21. The number of H-pyrrole nitrogens is 1. The Hall–Kier alpha value is -3.08. The number of fused-ring (bicyclic) bond motifs is 1. The number of aromatic amines is 1. The molecule has 32 heavy (non-hydrogen) atoms. The van der Waals surface area contributed by atoms with Crippen LogP contribution in [0.1, 0.15) is 42.6 Å². The summed E-state index contributed by atoms with van der Waals surface area (Å²) in [5.74, 6) is -2.85. The Morgan fingerprint density at radius 2 is 2.00 bits per heavy atom. The van der Waals surface area contributed by atoms with E-state index in [1.807, 2.05) is 0 Å². The summed E-state index contributed by atoms with van der Waals surface area (Å²) in [6.07, 6.45) is 4.86. The van der Waals surface area contributed by atoms with E-state index in [0.717, 1.165) is 25.0 Å². The van der Waals surface area contributed by atoms with Crippen LogP contribution in [0, 0.1) is 23.5 Å². The molecule has 8 nitrogen and oxygen atoms in total. The number of carbonyl (C=O) groups is 1. The molecule has 3 N–H and O–H groups in total. The monoisotopic (exact) mass is 463 g/mol. The van der Waals surface area contributed by atoms with Gasteiger partial charge in [0.2, 0.25) is 15.8 Å². The number of benzene rings is 1. The molecule has 1 saturated carbocycles. The minimum Gasteiger partial charge on any atom is -0.369 e. The van der Waals surface area contributed by atoms with Crippen LogP contribution in [0.4, 0.5) is 20.3 Å². The number of sulfonamides is 1. The van der Waals surface area contributed by atoms with Crippen molar-refractivity contribution in [1.82, 2.24) is 15.0 Å². The zero-order chi connectivity index (χ0) is 23.0. The maximum atomic E-state index is 15.2. The predicted octanol–water partition coefficient (Wildman–Crippen LogP) is 3.69. The molecule has 2 aromatic heterocycles. The van der Waals surface area contributed by atoms with Crippen molar-refractivity contribution < 1.29 is 22.0 Å². The maximum Gasteiger partial charge on any atom is 0.233 e. The lowest BCUT2D eigenvalue weighted by molar-refractivity contribution is 0.103. The third-order valence-electron chi connectivity index (χ3n) is 5.11. The van der Waals surface area contributed by atoms with Crippen molar-refractivity contribution in [3.05, 3.63) is 47.4 Å². The fourth-order valence-corrected chi connectivity index (χ4v) is 4.91.